The second-order valence-electron chi connectivity index (χ2n) is 2.75. The Morgan fingerprint density at radius 3 is 2.36 bits per heavy atom. The minimum absolute atomic E-state index is 0.290. The van der Waals surface area contributed by atoms with Crippen molar-refractivity contribution in [3.05, 3.63) is 35.9 Å². The maximum atomic E-state index is 5.37. The van der Waals surface area contributed by atoms with Gasteiger partial charge in [-0.25, -0.2) is 0 Å². The van der Waals surface area contributed by atoms with Crippen LogP contribution in [0, 0.1) is 0 Å². The van der Waals surface area contributed by atoms with Crippen LogP contribution in [-0.2, 0) is 9.67 Å². The fourth-order valence-corrected chi connectivity index (χ4v) is 1.55. The molecular weight excluding hydrogens is 156 g/mol. The molecule has 2 heteroatoms. The monoisotopic (exact) mass is 166 g/mol. The predicted molar refractivity (Wildman–Crippen MR) is 47.7 cm³/mol. The third-order valence-corrected chi connectivity index (χ3v) is 2.62. The van der Waals surface area contributed by atoms with Gasteiger partial charge in [0.15, 0.2) is 0 Å². The summed E-state index contributed by atoms with van der Waals surface area (Å²) in [5, 5.41) is 0. The molecule has 0 aliphatic carbocycles. The number of benzene rings is 1. The van der Waals surface area contributed by atoms with Crippen LogP contribution in [-0.4, -0.2) is 6.61 Å². The highest BCUT2D eigenvalue weighted by Crippen LogP contribution is 2.40. The van der Waals surface area contributed by atoms with Crippen LogP contribution in [0.5, 0.6) is 0 Å². The molecule has 1 unspecified atom stereocenters. The Bertz CT molecular complexity index is 241. The molecule has 0 aromatic heterocycles. The normalized spacial score (nSPS) is 29.5. The van der Waals surface area contributed by atoms with E-state index in [4.69, 9.17) is 4.74 Å². The van der Waals surface area contributed by atoms with Crippen LogP contribution in [0.1, 0.15) is 12.0 Å². The number of hydrogen-bond acceptors (Lipinski definition) is 2. The maximum absolute atomic E-state index is 5.37. The van der Waals surface area contributed by atoms with Crippen molar-refractivity contribution in [1.29, 1.82) is 0 Å². The van der Waals surface area contributed by atoms with Gasteiger partial charge < -0.3 is 4.74 Å². The van der Waals surface area contributed by atoms with E-state index in [1.54, 1.807) is 0 Å². The Morgan fingerprint density at radius 1 is 1.27 bits per heavy atom. The summed E-state index contributed by atoms with van der Waals surface area (Å²) in [5.41, 5.74) is 1.16. The van der Waals surface area contributed by atoms with Gasteiger partial charge in [-0.05, 0) is 5.56 Å². The van der Waals surface area contributed by atoms with E-state index in [1.165, 1.54) is 0 Å². The zero-order chi connectivity index (χ0) is 7.73. The Morgan fingerprint density at radius 2 is 1.91 bits per heavy atom. The molecule has 1 nitrogen and oxygen atoms in total. The third kappa shape index (κ3) is 1.17. The summed E-state index contributed by atoms with van der Waals surface area (Å²) >= 11 is 4.44. The molecule has 0 saturated carbocycles. The van der Waals surface area contributed by atoms with E-state index in [9.17, 15) is 0 Å². The van der Waals surface area contributed by atoms with Crippen molar-refractivity contribution in [3.8, 4) is 0 Å². The van der Waals surface area contributed by atoms with Gasteiger partial charge in [0.25, 0.3) is 0 Å². The van der Waals surface area contributed by atoms with Crippen LogP contribution in [0.3, 0.4) is 0 Å². The van der Waals surface area contributed by atoms with Crippen LogP contribution in [0.4, 0.5) is 0 Å². The molecule has 0 spiro atoms. The summed E-state index contributed by atoms with van der Waals surface area (Å²) < 4.78 is 5.37. The van der Waals surface area contributed by atoms with Gasteiger partial charge in [-0.3, -0.25) is 0 Å². The van der Waals surface area contributed by atoms with E-state index in [1.807, 2.05) is 30.3 Å². The quantitative estimate of drug-likeness (QED) is 0.629. The van der Waals surface area contributed by atoms with Crippen molar-refractivity contribution in [2.75, 3.05) is 6.61 Å². The molecule has 1 atom stereocenters. The fraction of sp³-hybridized carbons (Fsp3) is 0.333. The average molecular weight is 166 g/mol. The first-order valence-electron chi connectivity index (χ1n) is 3.73. The Balaban J connectivity index is 2.29. The third-order valence-electron chi connectivity index (χ3n) is 2.01. The highest BCUT2D eigenvalue weighted by atomic mass is 32.1. The molecule has 2 rings (SSSR count). The first-order chi connectivity index (χ1) is 5.31. The largest absolute Gasteiger partial charge is 0.360 e. The van der Waals surface area contributed by atoms with Crippen molar-refractivity contribution in [1.82, 2.24) is 0 Å². The molecule has 11 heavy (non-hydrogen) atoms. The summed E-state index contributed by atoms with van der Waals surface area (Å²) in [7, 11) is 0. The molecule has 0 amide bonds. The van der Waals surface area contributed by atoms with Gasteiger partial charge in [-0.2, -0.15) is 0 Å². The predicted octanol–water partition coefficient (Wildman–Crippen LogP) is 2.19. The summed E-state index contributed by atoms with van der Waals surface area (Å²) in [4.78, 5) is -0.290. The van der Waals surface area contributed by atoms with Crippen LogP contribution in [0.2, 0.25) is 0 Å². The van der Waals surface area contributed by atoms with Crippen molar-refractivity contribution in [2.24, 2.45) is 0 Å². The van der Waals surface area contributed by atoms with E-state index in [0.717, 1.165) is 18.6 Å². The molecule has 1 aliphatic heterocycles. The summed E-state index contributed by atoms with van der Waals surface area (Å²) in [6, 6.07) is 10.1. The molecule has 1 aromatic carbocycles. The molecule has 1 fully saturated rings. The second kappa shape index (κ2) is 2.54. The number of ether oxygens (including phenoxy) is 1. The van der Waals surface area contributed by atoms with Crippen LogP contribution >= 0.6 is 12.6 Å². The van der Waals surface area contributed by atoms with Gasteiger partial charge >= 0.3 is 0 Å². The Hall–Kier alpha value is -0.470. The fourth-order valence-electron chi connectivity index (χ4n) is 1.22. The van der Waals surface area contributed by atoms with Crippen molar-refractivity contribution >= 4 is 12.6 Å². The summed E-state index contributed by atoms with van der Waals surface area (Å²) in [5.74, 6) is 0. The molecule has 1 aliphatic rings. The molecule has 0 N–H and O–H groups in total. The minimum atomic E-state index is -0.290. The first-order valence-corrected chi connectivity index (χ1v) is 4.18. The smallest absolute Gasteiger partial charge is 0.138 e. The average Bonchev–Trinajstić information content (AvgIpc) is 2.02. The zero-order valence-electron chi connectivity index (χ0n) is 6.16. The molecule has 0 bridgehead atoms. The molecular formula is C9H10OS. The van der Waals surface area contributed by atoms with Crippen molar-refractivity contribution in [2.45, 2.75) is 11.4 Å². The van der Waals surface area contributed by atoms with E-state index in [-0.39, 0.29) is 4.93 Å². The lowest BCUT2D eigenvalue weighted by atomic mass is 10.0. The SMILES string of the molecule is SC1(c2ccccc2)CCO1. The first kappa shape index (κ1) is 7.19. The van der Waals surface area contributed by atoms with Gasteiger partial charge in [0, 0.05) is 6.42 Å². The van der Waals surface area contributed by atoms with Crippen LogP contribution in [0.25, 0.3) is 0 Å². The maximum Gasteiger partial charge on any atom is 0.138 e. The highest BCUT2D eigenvalue weighted by molar-refractivity contribution is 7.81. The van der Waals surface area contributed by atoms with E-state index in [2.05, 4.69) is 12.6 Å². The van der Waals surface area contributed by atoms with E-state index in [0.29, 0.717) is 0 Å². The number of thiol groups is 1. The molecule has 58 valence electrons. The van der Waals surface area contributed by atoms with Crippen LogP contribution < -0.4 is 0 Å². The molecule has 1 heterocycles. The lowest BCUT2D eigenvalue weighted by Crippen LogP contribution is -2.35. The molecule has 0 radical (unpaired) electrons. The highest BCUT2D eigenvalue weighted by Gasteiger charge is 2.35. The minimum Gasteiger partial charge on any atom is -0.360 e. The standard InChI is InChI=1S/C9H10OS/c11-9(6-7-10-9)8-4-2-1-3-5-8/h1-5,11H,6-7H2. The zero-order valence-corrected chi connectivity index (χ0v) is 7.05. The van der Waals surface area contributed by atoms with Gasteiger partial charge in [-0.1, -0.05) is 30.3 Å². The van der Waals surface area contributed by atoms with Gasteiger partial charge in [0.1, 0.15) is 4.93 Å². The lowest BCUT2D eigenvalue weighted by molar-refractivity contribution is -0.0816. The summed E-state index contributed by atoms with van der Waals surface area (Å²) in [6.07, 6.45) is 1.01. The Labute approximate surface area is 71.8 Å². The summed E-state index contributed by atoms with van der Waals surface area (Å²) in [6.45, 7) is 0.832. The molecule has 1 saturated heterocycles. The van der Waals surface area contributed by atoms with Gasteiger partial charge in [-0.15, -0.1) is 12.6 Å². The second-order valence-corrected chi connectivity index (χ2v) is 3.47. The van der Waals surface area contributed by atoms with Crippen LogP contribution in [0.15, 0.2) is 30.3 Å². The van der Waals surface area contributed by atoms with Gasteiger partial charge in [0.2, 0.25) is 0 Å². The van der Waals surface area contributed by atoms with E-state index >= 15 is 0 Å². The van der Waals surface area contributed by atoms with Crippen molar-refractivity contribution < 1.29 is 4.74 Å². The van der Waals surface area contributed by atoms with Crippen molar-refractivity contribution in [3.63, 3.8) is 0 Å². The lowest BCUT2D eigenvalue weighted by Gasteiger charge is -2.37. The number of hydrogen-bond donors (Lipinski definition) is 1. The topological polar surface area (TPSA) is 9.23 Å². The Kier molecular flexibility index (Phi) is 1.66. The molecule has 1 aromatic rings. The van der Waals surface area contributed by atoms with E-state index < -0.39 is 0 Å². The van der Waals surface area contributed by atoms with Gasteiger partial charge in [0.05, 0.1) is 6.61 Å². The number of rotatable bonds is 1.